The first-order chi connectivity index (χ1) is 10.6. The average Bonchev–Trinajstić information content (AvgIpc) is 2.59. The third-order valence-electron chi connectivity index (χ3n) is 3.71. The molecule has 1 aromatic rings. The van der Waals surface area contributed by atoms with Crippen molar-refractivity contribution < 1.29 is 19.1 Å². The number of benzene rings is 1. The normalized spacial score (nSPS) is 14.6. The predicted octanol–water partition coefficient (Wildman–Crippen LogP) is 0.924. The summed E-state index contributed by atoms with van der Waals surface area (Å²) in [5.41, 5.74) is 0.660. The lowest BCUT2D eigenvalue weighted by Gasteiger charge is -2.34. The summed E-state index contributed by atoms with van der Waals surface area (Å²) in [6.45, 7) is 2.02. The highest BCUT2D eigenvalue weighted by Crippen LogP contribution is 2.10. The van der Waals surface area contributed by atoms with E-state index < -0.39 is 0 Å². The van der Waals surface area contributed by atoms with E-state index in [2.05, 4.69) is 4.74 Å². The van der Waals surface area contributed by atoms with Gasteiger partial charge in [0.05, 0.1) is 13.5 Å². The summed E-state index contributed by atoms with van der Waals surface area (Å²) in [5, 5.41) is 0. The van der Waals surface area contributed by atoms with Gasteiger partial charge in [-0.2, -0.15) is 0 Å². The number of rotatable bonds is 4. The summed E-state index contributed by atoms with van der Waals surface area (Å²) in [4.78, 5) is 38.8. The molecular formula is C16H20N2O4. The fourth-order valence-corrected chi connectivity index (χ4v) is 2.39. The molecule has 1 fully saturated rings. The molecule has 6 heteroatoms. The fraction of sp³-hybridized carbons (Fsp3) is 0.438. The van der Waals surface area contributed by atoms with Crippen molar-refractivity contribution >= 4 is 17.8 Å². The molecule has 6 nitrogen and oxygen atoms in total. The van der Waals surface area contributed by atoms with Crippen LogP contribution in [-0.4, -0.2) is 60.9 Å². The molecule has 2 rings (SSSR count). The zero-order valence-electron chi connectivity index (χ0n) is 12.7. The third kappa shape index (κ3) is 4.07. The molecule has 0 N–H and O–H groups in total. The Kier molecular flexibility index (Phi) is 5.52. The van der Waals surface area contributed by atoms with E-state index in [4.69, 9.17) is 0 Å². The van der Waals surface area contributed by atoms with Gasteiger partial charge in [0.1, 0.15) is 0 Å². The number of hydrogen-bond donors (Lipinski definition) is 0. The van der Waals surface area contributed by atoms with E-state index in [0.29, 0.717) is 31.7 Å². The Labute approximate surface area is 129 Å². The molecule has 22 heavy (non-hydrogen) atoms. The Balaban J connectivity index is 1.81. The molecule has 118 valence electrons. The van der Waals surface area contributed by atoms with Crippen LogP contribution in [0, 0.1) is 0 Å². The monoisotopic (exact) mass is 304 g/mol. The molecule has 1 aliphatic heterocycles. The molecule has 0 unspecified atom stereocenters. The van der Waals surface area contributed by atoms with E-state index in [9.17, 15) is 14.4 Å². The van der Waals surface area contributed by atoms with Gasteiger partial charge in [0, 0.05) is 38.2 Å². The number of piperazine rings is 1. The summed E-state index contributed by atoms with van der Waals surface area (Å²) >= 11 is 0. The first-order valence-electron chi connectivity index (χ1n) is 7.30. The minimum atomic E-state index is -0.383. The second kappa shape index (κ2) is 7.59. The maximum absolute atomic E-state index is 12.3. The van der Waals surface area contributed by atoms with Crippen LogP contribution in [0.1, 0.15) is 23.2 Å². The lowest BCUT2D eigenvalue weighted by molar-refractivity contribution is -0.143. The van der Waals surface area contributed by atoms with Crippen LogP contribution in [0.2, 0.25) is 0 Å². The molecule has 1 aromatic carbocycles. The molecule has 0 aliphatic carbocycles. The lowest BCUT2D eigenvalue weighted by atomic mass is 10.1. The van der Waals surface area contributed by atoms with Crippen molar-refractivity contribution in [3.63, 3.8) is 0 Å². The molecule has 0 bridgehead atoms. The van der Waals surface area contributed by atoms with Gasteiger partial charge in [-0.05, 0) is 12.1 Å². The summed E-state index contributed by atoms with van der Waals surface area (Å²) in [6, 6.07) is 9.11. The van der Waals surface area contributed by atoms with E-state index in [1.807, 2.05) is 18.2 Å². The molecule has 2 amide bonds. The predicted molar refractivity (Wildman–Crippen MR) is 80.2 cm³/mol. The SMILES string of the molecule is COC(=O)CCC(=O)N1CCN(C(=O)c2ccccc2)CC1. The Morgan fingerprint density at radius 2 is 1.55 bits per heavy atom. The molecule has 0 saturated carbocycles. The molecule has 1 heterocycles. The van der Waals surface area contributed by atoms with Crippen molar-refractivity contribution in [2.45, 2.75) is 12.8 Å². The topological polar surface area (TPSA) is 66.9 Å². The van der Waals surface area contributed by atoms with Crippen LogP contribution in [-0.2, 0) is 14.3 Å². The highest BCUT2D eigenvalue weighted by Gasteiger charge is 2.24. The van der Waals surface area contributed by atoms with Crippen molar-refractivity contribution in [2.75, 3.05) is 33.3 Å². The zero-order valence-corrected chi connectivity index (χ0v) is 12.7. The Morgan fingerprint density at radius 1 is 0.955 bits per heavy atom. The summed E-state index contributed by atoms with van der Waals surface area (Å²) in [6.07, 6.45) is 0.248. The average molecular weight is 304 g/mol. The van der Waals surface area contributed by atoms with Gasteiger partial charge in [0.15, 0.2) is 0 Å². The maximum atomic E-state index is 12.3. The highest BCUT2D eigenvalue weighted by molar-refractivity contribution is 5.94. The smallest absolute Gasteiger partial charge is 0.306 e. The van der Waals surface area contributed by atoms with Gasteiger partial charge in [-0.15, -0.1) is 0 Å². The van der Waals surface area contributed by atoms with Crippen molar-refractivity contribution in [1.82, 2.24) is 9.80 Å². The maximum Gasteiger partial charge on any atom is 0.306 e. The van der Waals surface area contributed by atoms with Crippen LogP contribution in [0.15, 0.2) is 30.3 Å². The van der Waals surface area contributed by atoms with Crippen molar-refractivity contribution in [3.05, 3.63) is 35.9 Å². The van der Waals surface area contributed by atoms with Gasteiger partial charge in [0.2, 0.25) is 5.91 Å². The molecule has 1 saturated heterocycles. The fourth-order valence-electron chi connectivity index (χ4n) is 2.39. The van der Waals surface area contributed by atoms with Crippen LogP contribution < -0.4 is 0 Å². The number of nitrogens with zero attached hydrogens (tertiary/aromatic N) is 2. The largest absolute Gasteiger partial charge is 0.469 e. The second-order valence-corrected chi connectivity index (χ2v) is 5.12. The molecule has 0 radical (unpaired) electrons. The Bertz CT molecular complexity index is 536. The van der Waals surface area contributed by atoms with Crippen molar-refractivity contribution in [1.29, 1.82) is 0 Å². The number of carbonyl (C=O) groups is 3. The molecular weight excluding hydrogens is 284 g/mol. The molecule has 0 aromatic heterocycles. The Hall–Kier alpha value is -2.37. The second-order valence-electron chi connectivity index (χ2n) is 5.12. The summed E-state index contributed by atoms with van der Waals surface area (Å²) in [5.74, 6) is -0.467. The van der Waals surface area contributed by atoms with Gasteiger partial charge in [-0.1, -0.05) is 18.2 Å². The summed E-state index contributed by atoms with van der Waals surface area (Å²) in [7, 11) is 1.31. The first kappa shape index (κ1) is 16.0. The number of esters is 1. The minimum absolute atomic E-state index is 0.0118. The molecule has 0 spiro atoms. The minimum Gasteiger partial charge on any atom is -0.469 e. The van der Waals surface area contributed by atoms with Crippen LogP contribution in [0.3, 0.4) is 0 Å². The molecule has 0 atom stereocenters. The van der Waals surface area contributed by atoms with Gasteiger partial charge in [0.25, 0.3) is 5.91 Å². The van der Waals surface area contributed by atoms with E-state index in [1.165, 1.54) is 7.11 Å². The third-order valence-corrected chi connectivity index (χ3v) is 3.71. The van der Waals surface area contributed by atoms with Crippen LogP contribution in [0.5, 0.6) is 0 Å². The van der Waals surface area contributed by atoms with Crippen LogP contribution in [0.25, 0.3) is 0 Å². The van der Waals surface area contributed by atoms with Crippen molar-refractivity contribution in [3.8, 4) is 0 Å². The van der Waals surface area contributed by atoms with E-state index in [-0.39, 0.29) is 30.6 Å². The van der Waals surface area contributed by atoms with Crippen LogP contribution >= 0.6 is 0 Å². The van der Waals surface area contributed by atoms with Gasteiger partial charge in [-0.3, -0.25) is 14.4 Å². The number of carbonyl (C=O) groups excluding carboxylic acids is 3. The van der Waals surface area contributed by atoms with Gasteiger partial charge >= 0.3 is 5.97 Å². The van der Waals surface area contributed by atoms with Crippen molar-refractivity contribution in [2.24, 2.45) is 0 Å². The number of hydrogen-bond acceptors (Lipinski definition) is 4. The standard InChI is InChI=1S/C16H20N2O4/c1-22-15(20)8-7-14(19)17-9-11-18(12-10-17)16(21)13-5-3-2-4-6-13/h2-6H,7-12H2,1H3. The first-order valence-corrected chi connectivity index (χ1v) is 7.30. The Morgan fingerprint density at radius 3 is 2.14 bits per heavy atom. The van der Waals surface area contributed by atoms with Crippen LogP contribution in [0.4, 0.5) is 0 Å². The molecule has 1 aliphatic rings. The highest BCUT2D eigenvalue weighted by atomic mass is 16.5. The number of methoxy groups -OCH3 is 1. The van der Waals surface area contributed by atoms with E-state index in [0.717, 1.165) is 0 Å². The lowest BCUT2D eigenvalue weighted by Crippen LogP contribution is -2.50. The van der Waals surface area contributed by atoms with Gasteiger partial charge < -0.3 is 14.5 Å². The zero-order chi connectivity index (χ0) is 15.9. The van der Waals surface area contributed by atoms with Gasteiger partial charge in [-0.25, -0.2) is 0 Å². The quantitative estimate of drug-likeness (QED) is 0.776. The van der Waals surface area contributed by atoms with E-state index in [1.54, 1.807) is 21.9 Å². The van der Waals surface area contributed by atoms with E-state index >= 15 is 0 Å². The summed E-state index contributed by atoms with van der Waals surface area (Å²) < 4.78 is 4.52. The number of amides is 2. The number of ether oxygens (including phenoxy) is 1.